The molecule has 0 aliphatic rings. The molecule has 0 aliphatic carbocycles. The van der Waals surface area contributed by atoms with Crippen molar-refractivity contribution in [3.05, 3.63) is 60.7 Å². The number of rotatable bonds is 0. The van der Waals surface area contributed by atoms with Gasteiger partial charge >= 0.3 is 0 Å². The Hall–Kier alpha value is -0.806. The molecule has 11 heavy (non-hydrogen) atoms. The van der Waals surface area contributed by atoms with Gasteiger partial charge in [0.2, 0.25) is 0 Å². The summed E-state index contributed by atoms with van der Waals surface area (Å²) in [5, 5.41) is 0. The van der Waals surface area contributed by atoms with Crippen molar-refractivity contribution in [2.75, 3.05) is 0 Å². The molecule has 0 atom stereocenters. The Balaban J connectivity index is 0.000000167. The molecule has 0 nitrogen and oxygen atoms in total. The van der Waals surface area contributed by atoms with Gasteiger partial charge in [-0.2, -0.15) is 18.2 Å². The summed E-state index contributed by atoms with van der Waals surface area (Å²) in [6, 6.07) is 20.0. The second-order valence-electron chi connectivity index (χ2n) is 1.92. The molecule has 0 saturated carbocycles. The van der Waals surface area contributed by atoms with Crippen molar-refractivity contribution in [3.8, 4) is 0 Å². The summed E-state index contributed by atoms with van der Waals surface area (Å²) in [4.78, 5) is 0. The van der Waals surface area contributed by atoms with Crippen LogP contribution in [0.1, 0.15) is 0 Å². The van der Waals surface area contributed by atoms with Crippen LogP contribution < -0.4 is 0 Å². The van der Waals surface area contributed by atoms with Gasteiger partial charge in [0.05, 0.1) is 0 Å². The molecular formula is C10H10Ni-6. The Morgan fingerprint density at radius 3 is 1.18 bits per heavy atom. The SMILES string of the molecule is [Ni].[cH-]1[cH-][cH-][cH-][cH-]1.c1cc[cH-]c1. The molecule has 0 amide bonds. The van der Waals surface area contributed by atoms with Crippen molar-refractivity contribution >= 4 is 0 Å². The zero-order valence-corrected chi connectivity index (χ0v) is 7.08. The van der Waals surface area contributed by atoms with Crippen LogP contribution in [0.5, 0.6) is 0 Å². The monoisotopic (exact) mass is 188 g/mol. The first-order valence-electron chi connectivity index (χ1n) is 3.33. The predicted octanol–water partition coefficient (Wildman–Crippen LogP) is 2.81. The third kappa shape index (κ3) is 5.63. The fourth-order valence-corrected chi connectivity index (χ4v) is 0.642. The minimum Gasteiger partial charge on any atom is -0.748 e. The van der Waals surface area contributed by atoms with Crippen molar-refractivity contribution in [1.29, 1.82) is 0 Å². The molecule has 0 fully saturated rings. The Labute approximate surface area is 77.5 Å². The van der Waals surface area contributed by atoms with E-state index in [0.29, 0.717) is 0 Å². The summed E-state index contributed by atoms with van der Waals surface area (Å²) >= 11 is 0. The van der Waals surface area contributed by atoms with Crippen LogP contribution in [-0.2, 0) is 16.5 Å². The fourth-order valence-electron chi connectivity index (χ4n) is 0.642. The average Bonchev–Trinajstić information content (AvgIpc) is 2.67. The van der Waals surface area contributed by atoms with Gasteiger partial charge in [-0.15, -0.1) is 0 Å². The largest absolute Gasteiger partial charge is 0.748 e. The fraction of sp³-hybridized carbons (Fsp3) is 0. The van der Waals surface area contributed by atoms with E-state index in [0.717, 1.165) is 0 Å². The van der Waals surface area contributed by atoms with E-state index < -0.39 is 0 Å². The zero-order valence-electron chi connectivity index (χ0n) is 6.09. The van der Waals surface area contributed by atoms with Gasteiger partial charge in [0.1, 0.15) is 0 Å². The summed E-state index contributed by atoms with van der Waals surface area (Å²) in [5.41, 5.74) is 0. The summed E-state index contributed by atoms with van der Waals surface area (Å²) in [6.45, 7) is 0. The van der Waals surface area contributed by atoms with Crippen LogP contribution >= 0.6 is 0 Å². The predicted molar refractivity (Wildman–Crippen MR) is 44.1 cm³/mol. The van der Waals surface area contributed by atoms with Gasteiger partial charge in [-0.1, -0.05) is 0 Å². The molecule has 0 unspecified atom stereocenters. The summed E-state index contributed by atoms with van der Waals surface area (Å²) in [5.74, 6) is 0. The molecule has 0 N–H and O–H groups in total. The number of hydrogen-bond donors (Lipinski definition) is 0. The van der Waals surface area contributed by atoms with Gasteiger partial charge < -0.3 is 30.3 Å². The third-order valence-corrected chi connectivity index (χ3v) is 1.11. The Morgan fingerprint density at radius 2 is 1.00 bits per heavy atom. The molecule has 0 bridgehead atoms. The molecule has 0 heterocycles. The Morgan fingerprint density at radius 1 is 0.636 bits per heavy atom. The first-order valence-corrected chi connectivity index (χ1v) is 3.33. The van der Waals surface area contributed by atoms with Gasteiger partial charge in [-0.3, -0.25) is 0 Å². The summed E-state index contributed by atoms with van der Waals surface area (Å²) in [6.07, 6.45) is 0. The van der Waals surface area contributed by atoms with E-state index in [1.54, 1.807) is 0 Å². The minimum absolute atomic E-state index is 0. The maximum absolute atomic E-state index is 2.00. The van der Waals surface area contributed by atoms with E-state index in [4.69, 9.17) is 0 Å². The van der Waals surface area contributed by atoms with Crippen molar-refractivity contribution in [2.24, 2.45) is 0 Å². The second-order valence-corrected chi connectivity index (χ2v) is 1.92. The van der Waals surface area contributed by atoms with Gasteiger partial charge in [0, 0.05) is 16.5 Å². The minimum atomic E-state index is 0. The van der Waals surface area contributed by atoms with Crippen molar-refractivity contribution in [1.82, 2.24) is 0 Å². The smallest absolute Gasteiger partial charge is 0 e. The number of hydrogen-bond acceptors (Lipinski definition) is 0. The maximum Gasteiger partial charge on any atom is 0 e. The zero-order chi connectivity index (χ0) is 7.07. The second kappa shape index (κ2) is 7.30. The molecule has 1 heteroatoms. The normalized spacial score (nSPS) is 7.27. The van der Waals surface area contributed by atoms with Crippen LogP contribution in [0.4, 0.5) is 0 Å². The van der Waals surface area contributed by atoms with Crippen LogP contribution in [0, 0.1) is 0 Å². The topological polar surface area (TPSA) is 0 Å². The van der Waals surface area contributed by atoms with Crippen molar-refractivity contribution in [2.45, 2.75) is 0 Å². The average molecular weight is 189 g/mol. The molecule has 2 aromatic rings. The van der Waals surface area contributed by atoms with Crippen LogP contribution in [-0.4, -0.2) is 0 Å². The van der Waals surface area contributed by atoms with Gasteiger partial charge in [0.25, 0.3) is 0 Å². The summed E-state index contributed by atoms with van der Waals surface area (Å²) in [7, 11) is 0. The van der Waals surface area contributed by atoms with E-state index >= 15 is 0 Å². The molecule has 0 spiro atoms. The molecule has 0 saturated heterocycles. The van der Waals surface area contributed by atoms with Crippen LogP contribution in [0.15, 0.2) is 60.7 Å². The molecular weight excluding hydrogens is 179 g/mol. The van der Waals surface area contributed by atoms with E-state index in [1.165, 1.54) is 0 Å². The van der Waals surface area contributed by atoms with E-state index in [9.17, 15) is 0 Å². The molecule has 0 aromatic heterocycles. The first kappa shape index (κ1) is 10.2. The Bertz CT molecular complexity index is 144. The van der Waals surface area contributed by atoms with E-state index in [1.807, 2.05) is 60.7 Å². The van der Waals surface area contributed by atoms with Gasteiger partial charge in [-0.25, -0.2) is 12.1 Å². The van der Waals surface area contributed by atoms with Crippen molar-refractivity contribution in [3.63, 3.8) is 0 Å². The molecule has 0 aliphatic heterocycles. The van der Waals surface area contributed by atoms with Crippen molar-refractivity contribution < 1.29 is 16.5 Å². The Kier molecular flexibility index (Phi) is 6.77. The molecule has 2 aromatic carbocycles. The maximum atomic E-state index is 2.00. The van der Waals surface area contributed by atoms with Gasteiger partial charge in [0.15, 0.2) is 0 Å². The van der Waals surface area contributed by atoms with E-state index in [-0.39, 0.29) is 16.5 Å². The summed E-state index contributed by atoms with van der Waals surface area (Å²) < 4.78 is 0. The standard InChI is InChI=1S/2C5H5.Ni/c2*1-2-4-5-3-1;/h2*1-5H;/q-5;-1;. The quantitative estimate of drug-likeness (QED) is 0.441. The van der Waals surface area contributed by atoms with Crippen LogP contribution in [0.25, 0.3) is 0 Å². The molecule has 66 valence electrons. The molecule has 0 radical (unpaired) electrons. The third-order valence-electron chi connectivity index (χ3n) is 1.11. The van der Waals surface area contributed by atoms with Crippen LogP contribution in [0.3, 0.4) is 0 Å². The van der Waals surface area contributed by atoms with E-state index in [2.05, 4.69) is 0 Å². The van der Waals surface area contributed by atoms with Crippen LogP contribution in [0.2, 0.25) is 0 Å². The first-order chi connectivity index (χ1) is 5.00. The van der Waals surface area contributed by atoms with Gasteiger partial charge in [-0.05, 0) is 0 Å². The molecule has 2 rings (SSSR count).